The van der Waals surface area contributed by atoms with Gasteiger partial charge in [-0.05, 0) is 38.0 Å². The van der Waals surface area contributed by atoms with Gasteiger partial charge in [0.2, 0.25) is 0 Å². The monoisotopic (exact) mass is 222 g/mol. The summed E-state index contributed by atoms with van der Waals surface area (Å²) in [5.74, 6) is 0. The van der Waals surface area contributed by atoms with Gasteiger partial charge in [0.15, 0.2) is 8.32 Å². The van der Waals surface area contributed by atoms with Crippen molar-refractivity contribution in [3.63, 3.8) is 0 Å². The van der Waals surface area contributed by atoms with E-state index in [0.717, 1.165) is 12.5 Å². The summed E-state index contributed by atoms with van der Waals surface area (Å²) in [6.45, 7) is 8.94. The smallest absolute Gasteiger partial charge is 0.191 e. The van der Waals surface area contributed by atoms with Gasteiger partial charge in [-0.15, -0.1) is 0 Å². The van der Waals surface area contributed by atoms with Crippen molar-refractivity contribution in [2.75, 3.05) is 0 Å². The van der Waals surface area contributed by atoms with E-state index in [9.17, 15) is 0 Å². The van der Waals surface area contributed by atoms with Crippen LogP contribution in [0.3, 0.4) is 0 Å². The van der Waals surface area contributed by atoms with Gasteiger partial charge in [-0.2, -0.15) is 0 Å². The first-order chi connectivity index (χ1) is 7.03. The molecule has 0 saturated heterocycles. The summed E-state index contributed by atoms with van der Waals surface area (Å²) in [6, 6.07) is 11.8. The molecule has 0 radical (unpaired) electrons. The molecule has 1 unspecified atom stereocenters. The molecule has 0 spiro atoms. The Morgan fingerprint density at radius 1 is 1.20 bits per heavy atom. The quantitative estimate of drug-likeness (QED) is 0.689. The first kappa shape index (κ1) is 12.5. The maximum Gasteiger partial charge on any atom is 0.191 e. The van der Waals surface area contributed by atoms with Gasteiger partial charge in [-0.25, -0.2) is 0 Å². The molecule has 0 saturated carbocycles. The molecule has 84 valence electrons. The number of hydrogen-bond acceptors (Lipinski definition) is 1. The fraction of sp³-hybridized carbons (Fsp3) is 0.538. The molecule has 0 fully saturated rings. The largest absolute Gasteiger partial charge is 0.414 e. The lowest BCUT2D eigenvalue weighted by Gasteiger charge is -2.27. The minimum absolute atomic E-state index is 0.398. The average molecular weight is 222 g/mol. The van der Waals surface area contributed by atoms with Crippen LogP contribution in [0.4, 0.5) is 0 Å². The summed E-state index contributed by atoms with van der Waals surface area (Å²) in [6.07, 6.45) is 1.50. The van der Waals surface area contributed by atoms with Gasteiger partial charge in [0, 0.05) is 6.10 Å². The average Bonchev–Trinajstić information content (AvgIpc) is 2.17. The molecule has 1 atom stereocenters. The van der Waals surface area contributed by atoms with Crippen molar-refractivity contribution in [2.24, 2.45) is 0 Å². The topological polar surface area (TPSA) is 9.23 Å². The first-order valence-corrected chi connectivity index (χ1v) is 8.87. The highest BCUT2D eigenvalue weighted by Gasteiger charge is 2.24. The molecular formula is C13H22OSi. The van der Waals surface area contributed by atoms with Crippen molar-refractivity contribution in [1.82, 2.24) is 0 Å². The first-order valence-electron chi connectivity index (χ1n) is 5.75. The maximum absolute atomic E-state index is 6.13. The van der Waals surface area contributed by atoms with E-state index in [1.807, 2.05) is 0 Å². The Morgan fingerprint density at radius 2 is 1.80 bits per heavy atom. The van der Waals surface area contributed by atoms with E-state index in [4.69, 9.17) is 4.43 Å². The van der Waals surface area contributed by atoms with Crippen LogP contribution in [-0.2, 0) is 10.5 Å². The highest BCUT2D eigenvalue weighted by Crippen LogP contribution is 2.16. The summed E-state index contributed by atoms with van der Waals surface area (Å²) in [5.41, 5.74) is 1.40. The highest BCUT2D eigenvalue weighted by atomic mass is 28.4. The molecule has 0 aliphatic heterocycles. The van der Waals surface area contributed by atoms with Crippen molar-refractivity contribution in [3.8, 4) is 0 Å². The summed E-state index contributed by atoms with van der Waals surface area (Å²) in [5, 5.41) is 0. The van der Waals surface area contributed by atoms with E-state index >= 15 is 0 Å². The Bertz CT molecular complexity index is 282. The fourth-order valence-electron chi connectivity index (χ4n) is 1.76. The van der Waals surface area contributed by atoms with Crippen LogP contribution < -0.4 is 0 Å². The second-order valence-electron chi connectivity index (χ2n) is 4.76. The molecule has 0 heterocycles. The zero-order valence-corrected chi connectivity index (χ0v) is 11.3. The molecule has 0 aliphatic rings. The molecule has 0 aliphatic carbocycles. The summed E-state index contributed by atoms with van der Waals surface area (Å²) < 4.78 is 6.13. The second kappa shape index (κ2) is 5.47. The summed E-state index contributed by atoms with van der Waals surface area (Å²) in [4.78, 5) is 0. The normalized spacial score (nSPS) is 13.9. The van der Waals surface area contributed by atoms with Crippen LogP contribution >= 0.6 is 0 Å². The van der Waals surface area contributed by atoms with E-state index in [-0.39, 0.29) is 0 Å². The second-order valence-corrected chi connectivity index (χ2v) is 8.87. The van der Waals surface area contributed by atoms with Crippen LogP contribution in [0.5, 0.6) is 0 Å². The lowest BCUT2D eigenvalue weighted by Crippen LogP contribution is -2.37. The standard InChI is InChI=1S/C13H22OSi/c1-5-12(2)14-15(3,4)11-13-9-7-6-8-10-13/h6-10,12H,5,11H2,1-4H3. The van der Waals surface area contributed by atoms with Gasteiger partial charge < -0.3 is 4.43 Å². The molecular weight excluding hydrogens is 200 g/mol. The van der Waals surface area contributed by atoms with Gasteiger partial charge in [-0.1, -0.05) is 37.3 Å². The Labute approximate surface area is 94.6 Å². The van der Waals surface area contributed by atoms with E-state index in [1.54, 1.807) is 0 Å². The predicted octanol–water partition coefficient (Wildman–Crippen LogP) is 3.79. The minimum atomic E-state index is -1.53. The number of hydrogen-bond donors (Lipinski definition) is 0. The SMILES string of the molecule is CCC(C)O[Si](C)(C)Cc1ccccc1. The molecule has 0 amide bonds. The molecule has 1 nitrogen and oxygen atoms in total. The lowest BCUT2D eigenvalue weighted by molar-refractivity contribution is 0.206. The van der Waals surface area contributed by atoms with Crippen molar-refractivity contribution >= 4 is 8.32 Å². The third-order valence-corrected chi connectivity index (χ3v) is 4.87. The number of rotatable bonds is 5. The van der Waals surface area contributed by atoms with Crippen LogP contribution in [0.2, 0.25) is 13.1 Å². The Hall–Kier alpha value is -0.603. The molecule has 15 heavy (non-hydrogen) atoms. The van der Waals surface area contributed by atoms with Crippen molar-refractivity contribution in [2.45, 2.75) is 45.5 Å². The maximum atomic E-state index is 6.13. The third kappa shape index (κ3) is 4.63. The number of benzene rings is 1. The van der Waals surface area contributed by atoms with Crippen molar-refractivity contribution in [1.29, 1.82) is 0 Å². The molecule has 1 rings (SSSR count). The highest BCUT2D eigenvalue weighted by molar-refractivity contribution is 6.70. The zero-order valence-electron chi connectivity index (χ0n) is 10.3. The molecule has 1 aromatic rings. The van der Waals surface area contributed by atoms with Crippen molar-refractivity contribution in [3.05, 3.63) is 35.9 Å². The molecule has 0 bridgehead atoms. The summed E-state index contributed by atoms with van der Waals surface area (Å²) >= 11 is 0. The van der Waals surface area contributed by atoms with Gasteiger partial charge in [0.25, 0.3) is 0 Å². The molecule has 1 aromatic carbocycles. The fourth-order valence-corrected chi connectivity index (χ4v) is 4.32. The Balaban J connectivity index is 2.56. The lowest BCUT2D eigenvalue weighted by atomic mass is 10.2. The van der Waals surface area contributed by atoms with E-state index in [0.29, 0.717) is 6.10 Å². The third-order valence-electron chi connectivity index (χ3n) is 2.57. The van der Waals surface area contributed by atoms with Gasteiger partial charge in [-0.3, -0.25) is 0 Å². The van der Waals surface area contributed by atoms with Gasteiger partial charge in [0.05, 0.1) is 0 Å². The van der Waals surface area contributed by atoms with Crippen LogP contribution in [0.25, 0.3) is 0 Å². The summed E-state index contributed by atoms with van der Waals surface area (Å²) in [7, 11) is -1.53. The van der Waals surface area contributed by atoms with Crippen LogP contribution in [0.1, 0.15) is 25.8 Å². The predicted molar refractivity (Wildman–Crippen MR) is 68.5 cm³/mol. The van der Waals surface area contributed by atoms with E-state index < -0.39 is 8.32 Å². The van der Waals surface area contributed by atoms with Gasteiger partial charge >= 0.3 is 0 Å². The molecule has 0 N–H and O–H groups in total. The Morgan fingerprint density at radius 3 is 2.33 bits per heavy atom. The van der Waals surface area contributed by atoms with Crippen LogP contribution in [-0.4, -0.2) is 14.4 Å². The minimum Gasteiger partial charge on any atom is -0.414 e. The molecule has 2 heteroatoms. The molecule has 0 aromatic heterocycles. The Kier molecular flexibility index (Phi) is 4.55. The van der Waals surface area contributed by atoms with Crippen molar-refractivity contribution < 1.29 is 4.43 Å². The van der Waals surface area contributed by atoms with Crippen LogP contribution in [0.15, 0.2) is 30.3 Å². The van der Waals surface area contributed by atoms with Crippen LogP contribution in [0, 0.1) is 0 Å². The van der Waals surface area contributed by atoms with Gasteiger partial charge in [0.1, 0.15) is 0 Å². The van der Waals surface area contributed by atoms with E-state index in [1.165, 1.54) is 5.56 Å². The zero-order chi connectivity index (χ0) is 11.3. The van der Waals surface area contributed by atoms with E-state index in [2.05, 4.69) is 57.3 Å².